The predicted octanol–water partition coefficient (Wildman–Crippen LogP) is 3.90. The lowest BCUT2D eigenvalue weighted by molar-refractivity contribution is -0.139. The van der Waals surface area contributed by atoms with Crippen molar-refractivity contribution in [1.82, 2.24) is 16.0 Å². The Hall–Kier alpha value is -4.15. The zero-order valence-corrected chi connectivity index (χ0v) is 28.4. The molecule has 0 aromatic heterocycles. The minimum absolute atomic E-state index is 0. The number of hydrogen-bond donors (Lipinski definition) is 5. The van der Waals surface area contributed by atoms with Gasteiger partial charge in [0.2, 0.25) is 17.7 Å². The van der Waals surface area contributed by atoms with Gasteiger partial charge in [-0.15, -0.1) is 0 Å². The average molecular weight is 644 g/mol. The Balaban J connectivity index is 0.00000768. The number of ketones is 1. The zero-order chi connectivity index (χ0) is 33.7. The summed E-state index contributed by atoms with van der Waals surface area (Å²) in [6.07, 6.45) is 4.09. The quantitative estimate of drug-likeness (QED) is 0.0758. The van der Waals surface area contributed by atoms with Gasteiger partial charge in [-0.05, 0) is 49.7 Å². The molecule has 0 heterocycles. The van der Waals surface area contributed by atoms with Gasteiger partial charge in [-0.2, -0.15) is 0 Å². The van der Waals surface area contributed by atoms with Crippen molar-refractivity contribution in [1.29, 1.82) is 0 Å². The van der Waals surface area contributed by atoms with Gasteiger partial charge in [0.05, 0.1) is 11.6 Å². The first kappa shape index (κ1) is 39.0. The number of carbonyl (C=O) groups is 4. The molecule has 1 aliphatic carbocycles. The highest BCUT2D eigenvalue weighted by Gasteiger charge is 2.45. The molecule has 1 saturated carbocycles. The van der Waals surface area contributed by atoms with Gasteiger partial charge in [0.25, 0.3) is 0 Å². The van der Waals surface area contributed by atoms with Crippen molar-refractivity contribution in [2.45, 2.75) is 103 Å². The van der Waals surface area contributed by atoms with E-state index in [0.717, 1.165) is 24.0 Å². The van der Waals surface area contributed by atoms with Crippen molar-refractivity contribution < 1.29 is 19.2 Å². The van der Waals surface area contributed by atoms with E-state index in [0.29, 0.717) is 45.1 Å². The number of rotatable bonds is 17. The Bertz CT molecular complexity index is 1300. The summed E-state index contributed by atoms with van der Waals surface area (Å²) in [5.41, 5.74) is 10.7. The first-order valence-corrected chi connectivity index (χ1v) is 16.6. The summed E-state index contributed by atoms with van der Waals surface area (Å²) in [4.78, 5) is 59.0. The van der Waals surface area contributed by atoms with Crippen LogP contribution in [0, 0.1) is 11.8 Å². The number of benzene rings is 2. The monoisotopic (exact) mass is 643 g/mol. The van der Waals surface area contributed by atoms with E-state index in [4.69, 9.17) is 11.5 Å². The minimum atomic E-state index is -1.11. The molecule has 253 valence electrons. The van der Waals surface area contributed by atoms with E-state index in [1.54, 1.807) is 13.8 Å². The number of nitrogens with one attached hydrogen (secondary N) is 3. The molecule has 0 aliphatic heterocycles. The third kappa shape index (κ3) is 10.4. The standard InChI is InChI=1S/C36H52N6O4.B/c1-5-35(6-2,41-31(44)25(3)4)29(43)24-28(20-15-23-39-34(37)38)32(45)42-36(21-13-14-22-36)33(46)40-30(26-16-9-7-10-17-26)27-18-11-8-12-19-27;/h7-12,16-19,25,28,30H,5-6,13-15,20-24H2,1-4H3,(H,40,46)(H,41,44)(H,42,45)(H4,37,38,39);. The fraction of sp³-hybridized carbons (Fsp3) is 0.528. The maximum absolute atomic E-state index is 14.2. The Morgan fingerprint density at radius 2 is 1.40 bits per heavy atom. The van der Waals surface area contributed by atoms with Crippen LogP contribution in [0.15, 0.2) is 65.7 Å². The van der Waals surface area contributed by atoms with Crippen LogP contribution in [0.25, 0.3) is 0 Å². The Morgan fingerprint density at radius 3 is 1.87 bits per heavy atom. The molecule has 47 heavy (non-hydrogen) atoms. The van der Waals surface area contributed by atoms with Crippen molar-refractivity contribution in [2.24, 2.45) is 28.3 Å². The van der Waals surface area contributed by atoms with Gasteiger partial charge in [-0.3, -0.25) is 24.2 Å². The molecule has 2 aromatic rings. The second-order valence-electron chi connectivity index (χ2n) is 12.7. The molecule has 0 bridgehead atoms. The summed E-state index contributed by atoms with van der Waals surface area (Å²) in [5.74, 6) is -2.09. The van der Waals surface area contributed by atoms with E-state index < -0.39 is 23.0 Å². The summed E-state index contributed by atoms with van der Waals surface area (Å²) >= 11 is 0. The predicted molar refractivity (Wildman–Crippen MR) is 187 cm³/mol. The van der Waals surface area contributed by atoms with Crippen molar-refractivity contribution in [3.8, 4) is 0 Å². The maximum atomic E-state index is 14.2. The number of nitrogens with two attached hydrogens (primary N) is 2. The summed E-state index contributed by atoms with van der Waals surface area (Å²) in [6.45, 7) is 7.59. The molecule has 0 spiro atoms. The highest BCUT2D eigenvalue weighted by atomic mass is 16.2. The number of aliphatic imine (C=N–C) groups is 1. The molecule has 11 heteroatoms. The molecule has 2 aromatic carbocycles. The Morgan fingerprint density at radius 1 is 0.872 bits per heavy atom. The fourth-order valence-electron chi connectivity index (χ4n) is 6.21. The molecule has 1 unspecified atom stereocenters. The van der Waals surface area contributed by atoms with Gasteiger partial charge in [-0.1, -0.05) is 101 Å². The SMILES string of the molecule is CCC(CC)(NC(=O)C(C)C)C(=O)CC(CCCN=C(N)N)C(=O)NC1(C(=O)NC(c2ccccc2)c2ccccc2)CCCC1.[B]. The van der Waals surface area contributed by atoms with Crippen LogP contribution in [-0.2, 0) is 19.2 Å². The van der Waals surface area contributed by atoms with Crippen LogP contribution in [0.3, 0.4) is 0 Å². The fourth-order valence-corrected chi connectivity index (χ4v) is 6.21. The van der Waals surface area contributed by atoms with Crippen LogP contribution in [-0.4, -0.2) is 55.5 Å². The van der Waals surface area contributed by atoms with Crippen LogP contribution >= 0.6 is 0 Å². The molecule has 1 fully saturated rings. The maximum Gasteiger partial charge on any atom is 0.246 e. The molecular formula is C36H52BN6O4. The lowest BCUT2D eigenvalue weighted by Crippen LogP contribution is -2.59. The molecular weight excluding hydrogens is 591 g/mol. The number of nitrogens with zero attached hydrogens (tertiary/aromatic N) is 1. The minimum Gasteiger partial charge on any atom is -0.370 e. The van der Waals surface area contributed by atoms with E-state index in [1.807, 2.05) is 74.5 Å². The molecule has 10 nitrogen and oxygen atoms in total. The second kappa shape index (κ2) is 18.3. The summed E-state index contributed by atoms with van der Waals surface area (Å²) in [7, 11) is 0. The molecule has 0 saturated heterocycles. The highest BCUT2D eigenvalue weighted by molar-refractivity contribution is 5.97. The molecule has 3 radical (unpaired) electrons. The van der Waals surface area contributed by atoms with Gasteiger partial charge in [-0.25, -0.2) is 0 Å². The molecule has 3 rings (SSSR count). The number of Topliss-reactive ketones (excluding diaryl/α,β-unsaturated/α-hetero) is 1. The second-order valence-corrected chi connectivity index (χ2v) is 12.7. The van der Waals surface area contributed by atoms with Crippen molar-refractivity contribution in [3.05, 3.63) is 71.8 Å². The lowest BCUT2D eigenvalue weighted by atomic mass is 9.81. The van der Waals surface area contributed by atoms with Gasteiger partial charge in [0.1, 0.15) is 5.54 Å². The van der Waals surface area contributed by atoms with Gasteiger partial charge in [0.15, 0.2) is 11.7 Å². The number of guanidine groups is 1. The van der Waals surface area contributed by atoms with Crippen molar-refractivity contribution >= 4 is 37.9 Å². The summed E-state index contributed by atoms with van der Waals surface area (Å²) < 4.78 is 0. The normalized spacial score (nSPS) is 14.5. The van der Waals surface area contributed by atoms with E-state index >= 15 is 0 Å². The van der Waals surface area contributed by atoms with Crippen LogP contribution < -0.4 is 27.4 Å². The van der Waals surface area contributed by atoms with Crippen LogP contribution in [0.4, 0.5) is 0 Å². The first-order valence-electron chi connectivity index (χ1n) is 16.6. The van der Waals surface area contributed by atoms with E-state index in [1.165, 1.54) is 0 Å². The average Bonchev–Trinajstić information content (AvgIpc) is 3.53. The van der Waals surface area contributed by atoms with E-state index in [2.05, 4.69) is 20.9 Å². The number of carbonyl (C=O) groups excluding carboxylic acids is 4. The third-order valence-electron chi connectivity index (χ3n) is 9.23. The van der Waals surface area contributed by atoms with E-state index in [-0.39, 0.29) is 50.2 Å². The lowest BCUT2D eigenvalue weighted by Gasteiger charge is -2.35. The summed E-state index contributed by atoms with van der Waals surface area (Å²) in [6, 6.07) is 19.1. The molecule has 1 aliphatic rings. The number of amides is 3. The smallest absolute Gasteiger partial charge is 0.246 e. The van der Waals surface area contributed by atoms with Gasteiger partial charge < -0.3 is 27.4 Å². The van der Waals surface area contributed by atoms with Crippen LogP contribution in [0.5, 0.6) is 0 Å². The molecule has 1 atom stereocenters. The highest BCUT2D eigenvalue weighted by Crippen LogP contribution is 2.33. The first-order chi connectivity index (χ1) is 22.0. The van der Waals surface area contributed by atoms with Crippen molar-refractivity contribution in [2.75, 3.05) is 6.54 Å². The Kier molecular flexibility index (Phi) is 15.2. The number of hydrogen-bond acceptors (Lipinski definition) is 5. The zero-order valence-electron chi connectivity index (χ0n) is 28.4. The van der Waals surface area contributed by atoms with E-state index in [9.17, 15) is 19.2 Å². The van der Waals surface area contributed by atoms with Crippen LogP contribution in [0.1, 0.15) is 103 Å². The Labute approximate surface area is 281 Å². The van der Waals surface area contributed by atoms with Gasteiger partial charge >= 0.3 is 0 Å². The molecule has 7 N–H and O–H groups in total. The molecule has 3 amide bonds. The van der Waals surface area contributed by atoms with Gasteiger partial charge in [0, 0.05) is 33.2 Å². The van der Waals surface area contributed by atoms with Crippen molar-refractivity contribution in [3.63, 3.8) is 0 Å². The topological polar surface area (TPSA) is 169 Å². The third-order valence-corrected chi connectivity index (χ3v) is 9.23. The van der Waals surface area contributed by atoms with Crippen LogP contribution in [0.2, 0.25) is 0 Å². The largest absolute Gasteiger partial charge is 0.370 e. The summed E-state index contributed by atoms with van der Waals surface area (Å²) in [5, 5.41) is 9.34.